The molecule has 1 saturated heterocycles. The number of thiazole rings is 1. The quantitative estimate of drug-likeness (QED) is 0.872. The second-order valence-corrected chi connectivity index (χ2v) is 5.67. The van der Waals surface area contributed by atoms with Crippen LogP contribution in [0, 0.1) is 13.8 Å². The molecule has 18 heavy (non-hydrogen) atoms. The number of nitrogens with one attached hydrogen (secondary N) is 1. The third-order valence-corrected chi connectivity index (χ3v) is 4.27. The molecule has 0 atom stereocenters. The third kappa shape index (κ3) is 2.46. The maximum absolute atomic E-state index is 4.79. The van der Waals surface area contributed by atoms with Crippen molar-refractivity contribution in [3.8, 4) is 0 Å². The number of anilines is 1. The van der Waals surface area contributed by atoms with Crippen LogP contribution in [0.2, 0.25) is 0 Å². The molecule has 0 spiro atoms. The molecular weight excluding hydrogens is 266 g/mol. The molecule has 0 aliphatic carbocycles. The van der Waals surface area contributed by atoms with Crippen LogP contribution in [0.4, 0.5) is 5.13 Å². The van der Waals surface area contributed by atoms with Gasteiger partial charge in [0.25, 0.3) is 0 Å². The molecule has 0 amide bonds. The highest BCUT2D eigenvalue weighted by Crippen LogP contribution is 2.31. The van der Waals surface area contributed by atoms with Gasteiger partial charge in [0.15, 0.2) is 5.13 Å². The van der Waals surface area contributed by atoms with Crippen LogP contribution >= 0.6 is 23.7 Å². The van der Waals surface area contributed by atoms with Gasteiger partial charge < -0.3 is 10.2 Å². The van der Waals surface area contributed by atoms with Crippen molar-refractivity contribution < 1.29 is 0 Å². The van der Waals surface area contributed by atoms with Crippen molar-refractivity contribution in [3.05, 3.63) is 23.3 Å². The lowest BCUT2D eigenvalue weighted by atomic mass is 10.1. The number of hydrogen-bond donors (Lipinski definition) is 1. The van der Waals surface area contributed by atoms with E-state index in [4.69, 9.17) is 4.98 Å². The van der Waals surface area contributed by atoms with Gasteiger partial charge in [-0.15, -0.1) is 12.4 Å². The first-order valence-electron chi connectivity index (χ1n) is 6.07. The van der Waals surface area contributed by atoms with Crippen LogP contribution in [0.25, 0.3) is 10.2 Å². The Bertz CT molecular complexity index is 546. The summed E-state index contributed by atoms with van der Waals surface area (Å²) in [5, 5.41) is 4.55. The van der Waals surface area contributed by atoms with Gasteiger partial charge in [-0.05, 0) is 31.0 Å². The highest BCUT2D eigenvalue weighted by atomic mass is 35.5. The molecule has 5 heteroatoms. The van der Waals surface area contributed by atoms with Gasteiger partial charge in [0.1, 0.15) is 0 Å². The summed E-state index contributed by atoms with van der Waals surface area (Å²) < 4.78 is 1.32. The number of benzene rings is 1. The van der Waals surface area contributed by atoms with Crippen molar-refractivity contribution in [1.29, 1.82) is 0 Å². The van der Waals surface area contributed by atoms with E-state index in [9.17, 15) is 0 Å². The van der Waals surface area contributed by atoms with E-state index in [2.05, 4.69) is 36.2 Å². The molecule has 2 heterocycles. The van der Waals surface area contributed by atoms with E-state index in [0.717, 1.165) is 26.2 Å². The molecule has 1 aliphatic heterocycles. The molecule has 3 rings (SSSR count). The highest BCUT2D eigenvalue weighted by molar-refractivity contribution is 7.22. The van der Waals surface area contributed by atoms with Crippen LogP contribution in [0.1, 0.15) is 11.1 Å². The second-order valence-electron chi connectivity index (χ2n) is 4.66. The zero-order valence-electron chi connectivity index (χ0n) is 10.7. The molecule has 98 valence electrons. The molecule has 1 aromatic carbocycles. The number of halogens is 1. The van der Waals surface area contributed by atoms with Crippen LogP contribution in [-0.2, 0) is 0 Å². The van der Waals surface area contributed by atoms with Crippen molar-refractivity contribution in [1.82, 2.24) is 10.3 Å². The number of piperazine rings is 1. The van der Waals surface area contributed by atoms with Gasteiger partial charge in [0.2, 0.25) is 0 Å². The molecule has 1 N–H and O–H groups in total. The fraction of sp³-hybridized carbons (Fsp3) is 0.462. The standard InChI is InChI=1S/C13H17N3S.ClH/c1-9-7-10(2)12-11(8-9)17-13(15-12)16-5-3-14-4-6-16;/h7-8,14H,3-6H2,1-2H3;1H. The Balaban J connectivity index is 0.00000120. The maximum Gasteiger partial charge on any atom is 0.186 e. The van der Waals surface area contributed by atoms with Gasteiger partial charge in [-0.1, -0.05) is 17.4 Å². The van der Waals surface area contributed by atoms with Crippen molar-refractivity contribution in [2.24, 2.45) is 0 Å². The number of hydrogen-bond acceptors (Lipinski definition) is 4. The molecule has 1 fully saturated rings. The monoisotopic (exact) mass is 283 g/mol. The van der Waals surface area contributed by atoms with Crippen molar-refractivity contribution in [2.75, 3.05) is 31.1 Å². The molecule has 3 nitrogen and oxygen atoms in total. The van der Waals surface area contributed by atoms with Gasteiger partial charge in [0.05, 0.1) is 10.2 Å². The minimum atomic E-state index is 0. The Morgan fingerprint density at radius 1 is 1.22 bits per heavy atom. The summed E-state index contributed by atoms with van der Waals surface area (Å²) in [5.74, 6) is 0. The van der Waals surface area contributed by atoms with Crippen molar-refractivity contribution >= 4 is 39.1 Å². The molecule has 0 unspecified atom stereocenters. The first-order valence-corrected chi connectivity index (χ1v) is 6.89. The summed E-state index contributed by atoms with van der Waals surface area (Å²) in [6.45, 7) is 8.56. The third-order valence-electron chi connectivity index (χ3n) is 3.21. The minimum absolute atomic E-state index is 0. The van der Waals surface area contributed by atoms with Crippen molar-refractivity contribution in [2.45, 2.75) is 13.8 Å². The predicted octanol–water partition coefficient (Wildman–Crippen LogP) is 2.74. The van der Waals surface area contributed by atoms with Crippen molar-refractivity contribution in [3.63, 3.8) is 0 Å². The fourth-order valence-electron chi connectivity index (χ4n) is 2.35. The predicted molar refractivity (Wildman–Crippen MR) is 81.4 cm³/mol. The minimum Gasteiger partial charge on any atom is -0.346 e. The van der Waals surface area contributed by atoms with Gasteiger partial charge >= 0.3 is 0 Å². The lowest BCUT2D eigenvalue weighted by molar-refractivity contribution is 0.588. The normalized spacial score (nSPS) is 15.8. The number of nitrogens with zero attached hydrogens (tertiary/aromatic N) is 2. The number of fused-ring (bicyclic) bond motifs is 1. The number of rotatable bonds is 1. The average Bonchev–Trinajstić information content (AvgIpc) is 2.74. The lowest BCUT2D eigenvalue weighted by Gasteiger charge is -2.26. The van der Waals surface area contributed by atoms with E-state index in [-0.39, 0.29) is 12.4 Å². The largest absolute Gasteiger partial charge is 0.346 e. The first kappa shape index (κ1) is 13.6. The zero-order chi connectivity index (χ0) is 11.8. The molecule has 0 radical (unpaired) electrons. The smallest absolute Gasteiger partial charge is 0.186 e. The number of aromatic nitrogens is 1. The average molecular weight is 284 g/mol. The van der Waals surface area contributed by atoms with Gasteiger partial charge in [0, 0.05) is 26.2 Å². The maximum atomic E-state index is 4.79. The Labute approximate surface area is 118 Å². The van der Waals surface area contributed by atoms with E-state index >= 15 is 0 Å². The Kier molecular flexibility index (Phi) is 4.10. The van der Waals surface area contributed by atoms with Crippen LogP contribution in [0.15, 0.2) is 12.1 Å². The van der Waals surface area contributed by atoms with Gasteiger partial charge in [-0.25, -0.2) is 4.98 Å². The Morgan fingerprint density at radius 2 is 1.94 bits per heavy atom. The molecule has 0 bridgehead atoms. The van der Waals surface area contributed by atoms with E-state index in [1.165, 1.54) is 26.5 Å². The van der Waals surface area contributed by atoms with Gasteiger partial charge in [-0.3, -0.25) is 0 Å². The van der Waals surface area contributed by atoms with E-state index in [0.29, 0.717) is 0 Å². The number of aryl methyl sites for hydroxylation is 2. The fourth-order valence-corrected chi connectivity index (χ4v) is 3.54. The zero-order valence-corrected chi connectivity index (χ0v) is 12.3. The van der Waals surface area contributed by atoms with E-state index in [1.807, 2.05) is 11.3 Å². The summed E-state index contributed by atoms with van der Waals surface area (Å²) in [6.07, 6.45) is 0. The molecule has 0 saturated carbocycles. The first-order chi connectivity index (χ1) is 8.24. The van der Waals surface area contributed by atoms with Crippen LogP contribution in [0.3, 0.4) is 0 Å². The van der Waals surface area contributed by atoms with Crippen LogP contribution in [0.5, 0.6) is 0 Å². The SMILES string of the molecule is Cc1cc(C)c2nc(N3CCNCC3)sc2c1.Cl. The lowest BCUT2D eigenvalue weighted by Crippen LogP contribution is -2.43. The summed E-state index contributed by atoms with van der Waals surface area (Å²) in [4.78, 5) is 7.18. The molecular formula is C13H18ClN3S. The van der Waals surface area contributed by atoms with Gasteiger partial charge in [-0.2, -0.15) is 0 Å². The summed E-state index contributed by atoms with van der Waals surface area (Å²) in [6, 6.07) is 4.45. The topological polar surface area (TPSA) is 28.2 Å². The molecule has 1 aliphatic rings. The molecule has 2 aromatic rings. The molecule has 1 aromatic heterocycles. The summed E-state index contributed by atoms with van der Waals surface area (Å²) >= 11 is 1.82. The van der Waals surface area contributed by atoms with Crippen LogP contribution in [-0.4, -0.2) is 31.2 Å². The second kappa shape index (κ2) is 5.43. The Hall–Kier alpha value is -0.840. The van der Waals surface area contributed by atoms with E-state index in [1.54, 1.807) is 0 Å². The highest BCUT2D eigenvalue weighted by Gasteiger charge is 2.15. The summed E-state index contributed by atoms with van der Waals surface area (Å²) in [7, 11) is 0. The Morgan fingerprint density at radius 3 is 2.67 bits per heavy atom. The van der Waals surface area contributed by atoms with Crippen LogP contribution < -0.4 is 10.2 Å². The van der Waals surface area contributed by atoms with E-state index < -0.39 is 0 Å². The summed E-state index contributed by atoms with van der Waals surface area (Å²) in [5.41, 5.74) is 3.79.